The Balaban J connectivity index is 1.68. The number of aromatic nitrogens is 2. The minimum atomic E-state index is -0.253. The van der Waals surface area contributed by atoms with Crippen LogP contribution in [0.1, 0.15) is 26.3 Å². The lowest BCUT2D eigenvalue weighted by molar-refractivity contribution is -0.118. The highest BCUT2D eigenvalue weighted by atomic mass is 32.2. The molecule has 2 aromatic rings. The first-order chi connectivity index (χ1) is 11.3. The lowest BCUT2D eigenvalue weighted by atomic mass is 10.1. The third kappa shape index (κ3) is 6.84. The highest BCUT2D eigenvalue weighted by Gasteiger charge is 2.13. The number of halogens is 1. The minimum Gasteiger partial charge on any atom is -0.355 e. The second kappa shape index (κ2) is 8.43. The fraction of sp³-hybridized carbons (Fsp3) is 0.438. The number of hydrogen-bond donors (Lipinski definition) is 2. The maximum absolute atomic E-state index is 12.8. The number of hydrogen-bond acceptors (Lipinski definition) is 6. The van der Waals surface area contributed by atoms with E-state index in [1.807, 2.05) is 0 Å². The van der Waals surface area contributed by atoms with E-state index in [1.54, 1.807) is 12.1 Å². The zero-order chi connectivity index (χ0) is 17.6. The van der Waals surface area contributed by atoms with Crippen molar-refractivity contribution >= 4 is 34.1 Å². The number of carbonyl (C=O) groups is 1. The van der Waals surface area contributed by atoms with Gasteiger partial charge in [-0.2, -0.15) is 0 Å². The number of benzene rings is 1. The summed E-state index contributed by atoms with van der Waals surface area (Å²) in [6.45, 7) is 6.68. The summed E-state index contributed by atoms with van der Waals surface area (Å²) in [7, 11) is 0. The molecule has 0 aliphatic rings. The molecule has 1 heterocycles. The van der Waals surface area contributed by atoms with E-state index in [0.29, 0.717) is 18.7 Å². The van der Waals surface area contributed by atoms with Crippen molar-refractivity contribution < 1.29 is 9.18 Å². The summed E-state index contributed by atoms with van der Waals surface area (Å²) in [6, 6.07) is 6.29. The van der Waals surface area contributed by atoms with Crippen LogP contribution in [0.15, 0.2) is 28.6 Å². The molecule has 24 heavy (non-hydrogen) atoms. The number of rotatable bonds is 7. The van der Waals surface area contributed by atoms with Crippen LogP contribution < -0.4 is 10.6 Å². The largest absolute Gasteiger partial charge is 0.355 e. The number of nitrogens with zero attached hydrogens (tertiary/aromatic N) is 2. The smallest absolute Gasteiger partial charge is 0.230 e. The van der Waals surface area contributed by atoms with Crippen molar-refractivity contribution in [2.24, 2.45) is 0 Å². The van der Waals surface area contributed by atoms with Crippen LogP contribution in [0.3, 0.4) is 0 Å². The van der Waals surface area contributed by atoms with Gasteiger partial charge in [-0.1, -0.05) is 35.2 Å². The summed E-state index contributed by atoms with van der Waals surface area (Å²) in [5.74, 6) is -0.00712. The third-order valence-corrected chi connectivity index (χ3v) is 4.84. The average Bonchev–Trinajstić information content (AvgIpc) is 2.92. The number of amides is 1. The quantitative estimate of drug-likeness (QED) is 0.734. The maximum atomic E-state index is 12.8. The summed E-state index contributed by atoms with van der Waals surface area (Å²) < 4.78 is 13.6. The first-order valence-corrected chi connectivity index (χ1v) is 9.38. The number of carbonyl (C=O) groups excluding carboxylic acids is 1. The van der Waals surface area contributed by atoms with Crippen LogP contribution in [0.25, 0.3) is 0 Å². The molecule has 0 aliphatic heterocycles. The van der Waals surface area contributed by atoms with Gasteiger partial charge in [-0.15, -0.1) is 10.2 Å². The Labute approximate surface area is 149 Å². The van der Waals surface area contributed by atoms with Crippen molar-refractivity contribution in [1.29, 1.82) is 0 Å². The Bertz CT molecular complexity index is 667. The lowest BCUT2D eigenvalue weighted by Crippen LogP contribution is -2.27. The number of anilines is 1. The first kappa shape index (κ1) is 18.7. The molecule has 0 aliphatic carbocycles. The van der Waals surface area contributed by atoms with Crippen LogP contribution in [0.2, 0.25) is 0 Å². The molecule has 0 spiro atoms. The zero-order valence-electron chi connectivity index (χ0n) is 13.9. The van der Waals surface area contributed by atoms with E-state index < -0.39 is 0 Å². The van der Waals surface area contributed by atoms with Gasteiger partial charge < -0.3 is 10.6 Å². The Kier molecular flexibility index (Phi) is 6.56. The minimum absolute atomic E-state index is 0.0531. The normalized spacial score (nSPS) is 11.3. The second-order valence-electron chi connectivity index (χ2n) is 6.26. The molecule has 0 radical (unpaired) electrons. The molecule has 1 amide bonds. The number of thioether (sulfide) groups is 1. The first-order valence-electron chi connectivity index (χ1n) is 7.57. The molecule has 0 unspecified atom stereocenters. The summed E-state index contributed by atoms with van der Waals surface area (Å²) >= 11 is 2.80. The summed E-state index contributed by atoms with van der Waals surface area (Å²) in [6.07, 6.45) is 0.676. The van der Waals surface area contributed by atoms with E-state index in [1.165, 1.54) is 35.2 Å². The topological polar surface area (TPSA) is 66.9 Å². The highest BCUT2D eigenvalue weighted by molar-refractivity contribution is 8.01. The molecule has 0 atom stereocenters. The molecule has 5 nitrogen and oxygen atoms in total. The van der Waals surface area contributed by atoms with Crippen molar-refractivity contribution in [3.05, 3.63) is 35.6 Å². The summed E-state index contributed by atoms with van der Waals surface area (Å²) in [4.78, 5) is 11.8. The third-order valence-electron chi connectivity index (χ3n) is 2.86. The Hall–Kier alpha value is -1.67. The van der Waals surface area contributed by atoms with Crippen molar-refractivity contribution in [2.45, 2.75) is 37.1 Å². The standard InChI is InChI=1S/C16H21FN4OS2/c1-16(2,3)19-14-20-21-15(24-14)23-10-13(22)18-9-8-11-4-6-12(17)7-5-11/h4-7H,8-10H2,1-3H3,(H,18,22)(H,19,20). The van der Waals surface area contributed by atoms with E-state index in [4.69, 9.17) is 0 Å². The van der Waals surface area contributed by atoms with Crippen molar-refractivity contribution in [1.82, 2.24) is 15.5 Å². The van der Waals surface area contributed by atoms with E-state index in [2.05, 4.69) is 41.6 Å². The predicted octanol–water partition coefficient (Wildman–Crippen LogP) is 3.34. The summed E-state index contributed by atoms with van der Waals surface area (Å²) in [5.41, 5.74) is 0.922. The molecule has 0 saturated heterocycles. The molecular formula is C16H21FN4OS2. The van der Waals surface area contributed by atoms with Crippen LogP contribution in [-0.2, 0) is 11.2 Å². The fourth-order valence-corrected chi connectivity index (χ4v) is 3.61. The molecule has 130 valence electrons. The molecule has 2 N–H and O–H groups in total. The van der Waals surface area contributed by atoms with Crippen LogP contribution in [0.5, 0.6) is 0 Å². The van der Waals surface area contributed by atoms with Gasteiger partial charge in [0.15, 0.2) is 4.34 Å². The van der Waals surface area contributed by atoms with Crippen LogP contribution in [-0.4, -0.2) is 33.9 Å². The summed E-state index contributed by atoms with van der Waals surface area (Å²) in [5, 5.41) is 15.0. The van der Waals surface area contributed by atoms with Gasteiger partial charge in [0.25, 0.3) is 0 Å². The van der Waals surface area contributed by atoms with Gasteiger partial charge in [0, 0.05) is 12.1 Å². The van der Waals surface area contributed by atoms with Gasteiger partial charge in [-0.25, -0.2) is 4.39 Å². The molecule has 0 fully saturated rings. The SMILES string of the molecule is CC(C)(C)Nc1nnc(SCC(=O)NCCc2ccc(F)cc2)s1. The maximum Gasteiger partial charge on any atom is 0.230 e. The van der Waals surface area contributed by atoms with Gasteiger partial charge in [-0.05, 0) is 44.9 Å². The number of nitrogens with one attached hydrogen (secondary N) is 2. The Morgan fingerprint density at radius 3 is 2.62 bits per heavy atom. The molecule has 0 saturated carbocycles. The second-order valence-corrected chi connectivity index (χ2v) is 8.46. The van der Waals surface area contributed by atoms with Crippen LogP contribution in [0, 0.1) is 5.82 Å². The van der Waals surface area contributed by atoms with Crippen LogP contribution >= 0.6 is 23.1 Å². The van der Waals surface area contributed by atoms with E-state index in [-0.39, 0.29) is 17.3 Å². The fourth-order valence-electron chi connectivity index (χ4n) is 1.82. The molecule has 1 aromatic carbocycles. The Morgan fingerprint density at radius 1 is 1.25 bits per heavy atom. The molecule has 1 aromatic heterocycles. The predicted molar refractivity (Wildman–Crippen MR) is 97.1 cm³/mol. The zero-order valence-corrected chi connectivity index (χ0v) is 15.6. The van der Waals surface area contributed by atoms with Gasteiger partial charge >= 0.3 is 0 Å². The van der Waals surface area contributed by atoms with Gasteiger partial charge in [0.1, 0.15) is 5.82 Å². The molecule has 2 rings (SSSR count). The van der Waals surface area contributed by atoms with Gasteiger partial charge in [0.05, 0.1) is 5.75 Å². The van der Waals surface area contributed by atoms with Gasteiger partial charge in [0.2, 0.25) is 11.0 Å². The molecular weight excluding hydrogens is 347 g/mol. The highest BCUT2D eigenvalue weighted by Crippen LogP contribution is 2.26. The van der Waals surface area contributed by atoms with Crippen LogP contribution in [0.4, 0.5) is 9.52 Å². The van der Waals surface area contributed by atoms with Gasteiger partial charge in [-0.3, -0.25) is 4.79 Å². The molecule has 8 heteroatoms. The average molecular weight is 369 g/mol. The molecule has 0 bridgehead atoms. The van der Waals surface area contributed by atoms with Crippen molar-refractivity contribution in [3.8, 4) is 0 Å². The van der Waals surface area contributed by atoms with E-state index >= 15 is 0 Å². The van der Waals surface area contributed by atoms with E-state index in [9.17, 15) is 9.18 Å². The Morgan fingerprint density at radius 2 is 1.96 bits per heavy atom. The monoisotopic (exact) mass is 368 g/mol. The van der Waals surface area contributed by atoms with Crippen molar-refractivity contribution in [3.63, 3.8) is 0 Å². The van der Waals surface area contributed by atoms with Crippen molar-refractivity contribution in [2.75, 3.05) is 17.6 Å². The van der Waals surface area contributed by atoms with E-state index in [0.717, 1.165) is 15.0 Å². The lowest BCUT2D eigenvalue weighted by Gasteiger charge is -2.18.